The summed E-state index contributed by atoms with van der Waals surface area (Å²) in [6, 6.07) is 10.6. The number of para-hydroxylation sites is 1. The fourth-order valence-electron chi connectivity index (χ4n) is 2.68. The first-order valence-corrected chi connectivity index (χ1v) is 8.08. The van der Waals surface area contributed by atoms with Crippen molar-refractivity contribution in [3.05, 3.63) is 30.3 Å². The second-order valence-electron chi connectivity index (χ2n) is 5.57. The molecule has 1 saturated heterocycles. The van der Waals surface area contributed by atoms with E-state index in [0.29, 0.717) is 6.42 Å². The number of benzene rings is 1. The number of hydrogen-bond acceptors (Lipinski definition) is 3. The molecule has 1 aliphatic rings. The van der Waals surface area contributed by atoms with Gasteiger partial charge in [0.15, 0.2) is 0 Å². The van der Waals surface area contributed by atoms with Gasteiger partial charge in [0.05, 0.1) is 0 Å². The van der Waals surface area contributed by atoms with Gasteiger partial charge in [-0.25, -0.2) is 0 Å². The van der Waals surface area contributed by atoms with E-state index in [2.05, 4.69) is 45.4 Å². The molecule has 0 atom stereocenters. The van der Waals surface area contributed by atoms with E-state index in [1.165, 1.54) is 5.69 Å². The Morgan fingerprint density at radius 2 is 1.81 bits per heavy atom. The maximum absolute atomic E-state index is 11.1. The van der Waals surface area contributed by atoms with Crippen LogP contribution in [0.15, 0.2) is 30.3 Å². The Hall–Kier alpha value is -1.55. The van der Waals surface area contributed by atoms with Crippen LogP contribution in [0.3, 0.4) is 0 Å². The molecule has 21 heavy (non-hydrogen) atoms. The summed E-state index contributed by atoms with van der Waals surface area (Å²) in [6.07, 6.45) is 2.82. The van der Waals surface area contributed by atoms with Gasteiger partial charge in [-0.05, 0) is 31.5 Å². The lowest BCUT2D eigenvalue weighted by atomic mass is 10.2. The Morgan fingerprint density at radius 3 is 2.48 bits per heavy atom. The second kappa shape index (κ2) is 8.67. The third-order valence-corrected chi connectivity index (χ3v) is 4.04. The molecule has 0 spiro atoms. The van der Waals surface area contributed by atoms with Gasteiger partial charge in [0.25, 0.3) is 0 Å². The van der Waals surface area contributed by atoms with Gasteiger partial charge < -0.3 is 10.2 Å². The quantitative estimate of drug-likeness (QED) is 0.781. The Bertz CT molecular complexity index is 413. The average Bonchev–Trinajstić information content (AvgIpc) is 2.55. The molecule has 1 heterocycles. The van der Waals surface area contributed by atoms with Crippen molar-refractivity contribution in [1.29, 1.82) is 0 Å². The third-order valence-electron chi connectivity index (χ3n) is 4.04. The van der Waals surface area contributed by atoms with E-state index in [1.807, 2.05) is 6.92 Å². The van der Waals surface area contributed by atoms with Gasteiger partial charge in [-0.2, -0.15) is 0 Å². The molecular weight excluding hydrogens is 262 g/mol. The van der Waals surface area contributed by atoms with Crippen molar-refractivity contribution in [2.24, 2.45) is 0 Å². The van der Waals surface area contributed by atoms with E-state index in [4.69, 9.17) is 0 Å². The van der Waals surface area contributed by atoms with Crippen LogP contribution in [-0.4, -0.2) is 50.1 Å². The molecule has 1 amide bonds. The van der Waals surface area contributed by atoms with Gasteiger partial charge in [0, 0.05) is 44.8 Å². The topological polar surface area (TPSA) is 35.6 Å². The van der Waals surface area contributed by atoms with Crippen molar-refractivity contribution in [2.75, 3.05) is 44.2 Å². The van der Waals surface area contributed by atoms with Gasteiger partial charge in [0.1, 0.15) is 0 Å². The van der Waals surface area contributed by atoms with E-state index in [-0.39, 0.29) is 5.91 Å². The highest BCUT2D eigenvalue weighted by molar-refractivity contribution is 5.75. The summed E-state index contributed by atoms with van der Waals surface area (Å²) in [4.78, 5) is 16.1. The fourth-order valence-corrected chi connectivity index (χ4v) is 2.68. The highest BCUT2D eigenvalue weighted by Gasteiger charge is 2.16. The Kier molecular flexibility index (Phi) is 6.54. The monoisotopic (exact) mass is 289 g/mol. The molecule has 4 nitrogen and oxygen atoms in total. The number of carbonyl (C=O) groups is 1. The van der Waals surface area contributed by atoms with Crippen molar-refractivity contribution in [3.63, 3.8) is 0 Å². The van der Waals surface area contributed by atoms with Gasteiger partial charge in [-0.3, -0.25) is 9.69 Å². The SMILES string of the molecule is CCC(=O)NCCCCN1CCN(c2ccccc2)CC1. The Morgan fingerprint density at radius 1 is 1.10 bits per heavy atom. The molecule has 1 N–H and O–H groups in total. The van der Waals surface area contributed by atoms with E-state index < -0.39 is 0 Å². The van der Waals surface area contributed by atoms with Crippen LogP contribution in [0.25, 0.3) is 0 Å². The summed E-state index contributed by atoms with van der Waals surface area (Å²) in [5.74, 6) is 0.159. The molecular formula is C17H27N3O. The van der Waals surface area contributed by atoms with E-state index in [1.54, 1.807) is 0 Å². The maximum Gasteiger partial charge on any atom is 0.219 e. The minimum absolute atomic E-state index is 0.159. The van der Waals surface area contributed by atoms with Crippen molar-refractivity contribution in [2.45, 2.75) is 26.2 Å². The highest BCUT2D eigenvalue weighted by Crippen LogP contribution is 2.15. The predicted octanol–water partition coefficient (Wildman–Crippen LogP) is 2.11. The lowest BCUT2D eigenvalue weighted by Crippen LogP contribution is -2.46. The summed E-state index contributed by atoms with van der Waals surface area (Å²) >= 11 is 0. The fraction of sp³-hybridized carbons (Fsp3) is 0.588. The molecule has 0 saturated carbocycles. The Balaban J connectivity index is 1.58. The molecule has 1 aromatic rings. The number of rotatable bonds is 7. The van der Waals surface area contributed by atoms with Crippen molar-refractivity contribution < 1.29 is 4.79 Å². The molecule has 2 rings (SSSR count). The zero-order chi connectivity index (χ0) is 14.9. The summed E-state index contributed by atoms with van der Waals surface area (Å²) in [5.41, 5.74) is 1.33. The zero-order valence-electron chi connectivity index (χ0n) is 13.1. The number of anilines is 1. The smallest absolute Gasteiger partial charge is 0.219 e. The zero-order valence-corrected chi connectivity index (χ0v) is 13.1. The highest BCUT2D eigenvalue weighted by atomic mass is 16.1. The lowest BCUT2D eigenvalue weighted by Gasteiger charge is -2.36. The minimum atomic E-state index is 0.159. The molecule has 0 aromatic heterocycles. The van der Waals surface area contributed by atoms with E-state index in [0.717, 1.165) is 52.1 Å². The number of carbonyl (C=O) groups excluding carboxylic acids is 1. The van der Waals surface area contributed by atoms with Crippen LogP contribution in [0.4, 0.5) is 5.69 Å². The first-order valence-electron chi connectivity index (χ1n) is 8.08. The van der Waals surface area contributed by atoms with Crippen LogP contribution in [0.5, 0.6) is 0 Å². The molecule has 116 valence electrons. The van der Waals surface area contributed by atoms with Crippen LogP contribution in [0, 0.1) is 0 Å². The van der Waals surface area contributed by atoms with Gasteiger partial charge >= 0.3 is 0 Å². The van der Waals surface area contributed by atoms with Gasteiger partial charge in [-0.1, -0.05) is 25.1 Å². The van der Waals surface area contributed by atoms with Gasteiger partial charge in [-0.15, -0.1) is 0 Å². The molecule has 4 heteroatoms. The number of unbranched alkanes of at least 4 members (excludes halogenated alkanes) is 1. The lowest BCUT2D eigenvalue weighted by molar-refractivity contribution is -0.120. The molecule has 1 aromatic carbocycles. The Labute approximate surface area is 128 Å². The molecule has 1 aliphatic heterocycles. The summed E-state index contributed by atoms with van der Waals surface area (Å²) in [7, 11) is 0. The summed E-state index contributed by atoms with van der Waals surface area (Å²) in [6.45, 7) is 8.34. The van der Waals surface area contributed by atoms with E-state index >= 15 is 0 Å². The van der Waals surface area contributed by atoms with Crippen LogP contribution in [0.1, 0.15) is 26.2 Å². The summed E-state index contributed by atoms with van der Waals surface area (Å²) in [5, 5.41) is 2.93. The van der Waals surface area contributed by atoms with Crippen LogP contribution >= 0.6 is 0 Å². The number of hydrogen-bond donors (Lipinski definition) is 1. The normalized spacial score (nSPS) is 16.0. The molecule has 0 unspecified atom stereocenters. The van der Waals surface area contributed by atoms with Crippen LogP contribution in [0.2, 0.25) is 0 Å². The molecule has 0 bridgehead atoms. The number of nitrogens with zero attached hydrogens (tertiary/aromatic N) is 2. The first-order chi connectivity index (χ1) is 10.3. The second-order valence-corrected chi connectivity index (χ2v) is 5.57. The minimum Gasteiger partial charge on any atom is -0.369 e. The summed E-state index contributed by atoms with van der Waals surface area (Å²) < 4.78 is 0. The van der Waals surface area contributed by atoms with E-state index in [9.17, 15) is 4.79 Å². The van der Waals surface area contributed by atoms with Crippen molar-refractivity contribution >= 4 is 11.6 Å². The molecule has 0 aliphatic carbocycles. The maximum atomic E-state index is 11.1. The van der Waals surface area contributed by atoms with Crippen LogP contribution in [-0.2, 0) is 4.79 Å². The predicted molar refractivity (Wildman–Crippen MR) is 87.6 cm³/mol. The van der Waals surface area contributed by atoms with Crippen molar-refractivity contribution in [3.8, 4) is 0 Å². The molecule has 1 fully saturated rings. The average molecular weight is 289 g/mol. The molecule has 0 radical (unpaired) electrons. The third kappa shape index (κ3) is 5.38. The largest absolute Gasteiger partial charge is 0.369 e. The number of nitrogens with one attached hydrogen (secondary N) is 1. The van der Waals surface area contributed by atoms with Crippen molar-refractivity contribution in [1.82, 2.24) is 10.2 Å². The van der Waals surface area contributed by atoms with Crippen LogP contribution < -0.4 is 10.2 Å². The first kappa shape index (κ1) is 15.8. The standard InChI is InChI=1S/C17H27N3O/c1-2-17(21)18-10-6-7-11-19-12-14-20(15-13-19)16-8-4-3-5-9-16/h3-5,8-9H,2,6-7,10-15H2,1H3,(H,18,21). The number of amides is 1. The number of piperazine rings is 1. The van der Waals surface area contributed by atoms with Gasteiger partial charge in [0.2, 0.25) is 5.91 Å².